The normalized spacial score (nSPS) is 46.8. The summed E-state index contributed by atoms with van der Waals surface area (Å²) >= 11 is 0. The van der Waals surface area contributed by atoms with Crippen molar-refractivity contribution < 1.29 is 4.79 Å². The number of Topliss-reactive ketones (excluding diaryl/α,β-unsaturated/α-hetero) is 1. The summed E-state index contributed by atoms with van der Waals surface area (Å²) in [4.78, 5) is 10.9. The molecule has 0 amide bonds. The molecule has 0 bridgehead atoms. The van der Waals surface area contributed by atoms with Crippen molar-refractivity contribution >= 4 is 5.78 Å². The minimum atomic E-state index is 0.289. The van der Waals surface area contributed by atoms with Gasteiger partial charge in [0.15, 0.2) is 0 Å². The van der Waals surface area contributed by atoms with E-state index in [9.17, 15) is 4.79 Å². The zero-order valence-corrected chi connectivity index (χ0v) is 5.55. The molecule has 0 radical (unpaired) electrons. The molecule has 2 rings (SSSR count). The molecule has 2 aliphatic rings. The summed E-state index contributed by atoms with van der Waals surface area (Å²) in [5, 5.41) is 0. The summed E-state index contributed by atoms with van der Waals surface area (Å²) in [5.41, 5.74) is 0.344. The van der Waals surface area contributed by atoms with E-state index in [2.05, 4.69) is 19.1 Å². The topological polar surface area (TPSA) is 17.1 Å². The van der Waals surface area contributed by atoms with E-state index >= 15 is 0 Å². The molecule has 1 heteroatoms. The average molecular weight is 122 g/mol. The molecular formula is C8H10O. The molecule has 0 aromatic carbocycles. The van der Waals surface area contributed by atoms with Gasteiger partial charge in [0.1, 0.15) is 5.78 Å². The lowest BCUT2D eigenvalue weighted by Crippen LogP contribution is -2.42. The minimum Gasteiger partial charge on any atom is -0.299 e. The van der Waals surface area contributed by atoms with Crippen LogP contribution in [0.15, 0.2) is 12.2 Å². The van der Waals surface area contributed by atoms with E-state index in [0.29, 0.717) is 11.2 Å². The Bertz CT molecular complexity index is 193. The van der Waals surface area contributed by atoms with E-state index < -0.39 is 0 Å². The number of hydrogen-bond acceptors (Lipinski definition) is 1. The van der Waals surface area contributed by atoms with Gasteiger partial charge in [-0.3, -0.25) is 4.79 Å². The van der Waals surface area contributed by atoms with Gasteiger partial charge in [-0.15, -0.1) is 0 Å². The number of rotatable bonds is 0. The maximum Gasteiger partial charge on any atom is 0.140 e. The molecule has 1 saturated carbocycles. The first-order valence-corrected chi connectivity index (χ1v) is 3.42. The summed E-state index contributed by atoms with van der Waals surface area (Å²) in [5.74, 6) is 0.726. The largest absolute Gasteiger partial charge is 0.299 e. The molecule has 0 N–H and O–H groups in total. The van der Waals surface area contributed by atoms with Gasteiger partial charge in [-0.05, 0) is 11.8 Å². The van der Waals surface area contributed by atoms with Crippen LogP contribution < -0.4 is 0 Å². The quantitative estimate of drug-likeness (QED) is 0.445. The summed E-state index contributed by atoms with van der Waals surface area (Å²) in [6.07, 6.45) is 6.12. The van der Waals surface area contributed by atoms with Crippen molar-refractivity contribution in [2.75, 3.05) is 0 Å². The highest BCUT2D eigenvalue weighted by atomic mass is 16.1. The van der Waals surface area contributed by atoms with Crippen LogP contribution in [0.1, 0.15) is 19.8 Å². The Morgan fingerprint density at radius 3 is 3.00 bits per heavy atom. The van der Waals surface area contributed by atoms with Crippen LogP contribution >= 0.6 is 0 Å². The lowest BCUT2D eigenvalue weighted by Gasteiger charge is -2.39. The van der Waals surface area contributed by atoms with E-state index in [0.717, 1.165) is 12.8 Å². The number of allylic oxidation sites excluding steroid dienone is 2. The van der Waals surface area contributed by atoms with Crippen molar-refractivity contribution in [1.82, 2.24) is 0 Å². The smallest absolute Gasteiger partial charge is 0.140 e. The summed E-state index contributed by atoms with van der Waals surface area (Å²) in [7, 11) is 0. The summed E-state index contributed by atoms with van der Waals surface area (Å²) in [6, 6.07) is 0. The van der Waals surface area contributed by atoms with Gasteiger partial charge in [-0.25, -0.2) is 0 Å². The van der Waals surface area contributed by atoms with Gasteiger partial charge in [0, 0.05) is 12.3 Å². The molecule has 0 aliphatic heterocycles. The minimum absolute atomic E-state index is 0.289. The summed E-state index contributed by atoms with van der Waals surface area (Å²) in [6.45, 7) is 2.19. The zero-order valence-electron chi connectivity index (χ0n) is 5.55. The molecule has 0 aromatic rings. The van der Waals surface area contributed by atoms with Crippen molar-refractivity contribution in [2.24, 2.45) is 11.3 Å². The average Bonchev–Trinajstić information content (AvgIpc) is 2.06. The Balaban J connectivity index is 2.29. The molecule has 0 saturated heterocycles. The van der Waals surface area contributed by atoms with Crippen LogP contribution in [0.5, 0.6) is 0 Å². The fraction of sp³-hybridized carbons (Fsp3) is 0.625. The second kappa shape index (κ2) is 1.28. The van der Waals surface area contributed by atoms with Crippen LogP contribution in [0, 0.1) is 11.3 Å². The highest BCUT2D eigenvalue weighted by molar-refractivity contribution is 5.91. The maximum atomic E-state index is 10.9. The molecule has 1 fully saturated rings. The lowest BCUT2D eigenvalue weighted by atomic mass is 9.62. The highest BCUT2D eigenvalue weighted by Gasteiger charge is 2.49. The van der Waals surface area contributed by atoms with E-state index in [4.69, 9.17) is 0 Å². The van der Waals surface area contributed by atoms with Crippen molar-refractivity contribution in [2.45, 2.75) is 19.8 Å². The van der Waals surface area contributed by atoms with Gasteiger partial charge in [0.25, 0.3) is 0 Å². The standard InChI is InChI=1S/C8H10O/c1-8-4-2-3-6(8)7(9)5-8/h2-3,6H,4-5H2,1H3/t6-,8+/m0/s1. The van der Waals surface area contributed by atoms with Crippen molar-refractivity contribution in [1.29, 1.82) is 0 Å². The number of carbonyl (C=O) groups is 1. The third-order valence-electron chi connectivity index (χ3n) is 2.59. The van der Waals surface area contributed by atoms with Gasteiger partial charge in [-0.2, -0.15) is 0 Å². The van der Waals surface area contributed by atoms with Crippen LogP contribution in [-0.2, 0) is 4.79 Å². The van der Waals surface area contributed by atoms with Gasteiger partial charge < -0.3 is 0 Å². The first-order valence-electron chi connectivity index (χ1n) is 3.42. The van der Waals surface area contributed by atoms with Crippen LogP contribution in [0.3, 0.4) is 0 Å². The number of fused-ring (bicyclic) bond motifs is 1. The molecular weight excluding hydrogens is 112 g/mol. The van der Waals surface area contributed by atoms with Crippen molar-refractivity contribution in [3.8, 4) is 0 Å². The van der Waals surface area contributed by atoms with Gasteiger partial charge in [0.2, 0.25) is 0 Å². The summed E-state index contributed by atoms with van der Waals surface area (Å²) < 4.78 is 0. The van der Waals surface area contributed by atoms with Gasteiger partial charge in [-0.1, -0.05) is 19.1 Å². The molecule has 0 spiro atoms. The van der Waals surface area contributed by atoms with Crippen LogP contribution in [-0.4, -0.2) is 5.78 Å². The van der Waals surface area contributed by atoms with Crippen LogP contribution in [0.2, 0.25) is 0 Å². The predicted molar refractivity (Wildman–Crippen MR) is 35.0 cm³/mol. The zero-order chi connectivity index (χ0) is 6.48. The number of carbonyl (C=O) groups excluding carboxylic acids is 1. The first-order chi connectivity index (χ1) is 4.22. The van der Waals surface area contributed by atoms with Gasteiger partial charge in [0.05, 0.1) is 0 Å². The SMILES string of the molecule is C[C@]12CC=C[C@H]1C(=O)C2. The first kappa shape index (κ1) is 5.21. The third-order valence-corrected chi connectivity index (χ3v) is 2.59. The molecule has 1 nitrogen and oxygen atoms in total. The van der Waals surface area contributed by atoms with Gasteiger partial charge >= 0.3 is 0 Å². The predicted octanol–water partition coefficient (Wildman–Crippen LogP) is 1.54. The molecule has 0 aromatic heterocycles. The Kier molecular flexibility index (Phi) is 0.743. The van der Waals surface area contributed by atoms with E-state index in [1.807, 2.05) is 0 Å². The van der Waals surface area contributed by atoms with Crippen molar-refractivity contribution in [3.63, 3.8) is 0 Å². The lowest BCUT2D eigenvalue weighted by molar-refractivity contribution is -0.136. The maximum absolute atomic E-state index is 10.9. The molecule has 2 aliphatic carbocycles. The molecule has 48 valence electrons. The molecule has 0 unspecified atom stereocenters. The van der Waals surface area contributed by atoms with E-state index in [1.165, 1.54) is 0 Å². The fourth-order valence-corrected chi connectivity index (χ4v) is 1.89. The molecule has 0 heterocycles. The van der Waals surface area contributed by atoms with E-state index in [1.54, 1.807) is 0 Å². The van der Waals surface area contributed by atoms with Crippen LogP contribution in [0.4, 0.5) is 0 Å². The molecule has 2 atom stereocenters. The highest BCUT2D eigenvalue weighted by Crippen LogP contribution is 2.50. The monoisotopic (exact) mass is 122 g/mol. The second-order valence-corrected chi connectivity index (χ2v) is 3.41. The van der Waals surface area contributed by atoms with Crippen molar-refractivity contribution in [3.05, 3.63) is 12.2 Å². The second-order valence-electron chi connectivity index (χ2n) is 3.41. The Labute approximate surface area is 54.8 Å². The Hall–Kier alpha value is -0.590. The number of ketones is 1. The Morgan fingerprint density at radius 2 is 2.56 bits per heavy atom. The number of hydrogen-bond donors (Lipinski definition) is 0. The van der Waals surface area contributed by atoms with Crippen LogP contribution in [0.25, 0.3) is 0 Å². The molecule has 9 heavy (non-hydrogen) atoms. The third kappa shape index (κ3) is 0.473. The fourth-order valence-electron chi connectivity index (χ4n) is 1.89. The van der Waals surface area contributed by atoms with E-state index in [-0.39, 0.29) is 5.92 Å². The Morgan fingerprint density at radius 1 is 1.78 bits per heavy atom.